The largest absolute Gasteiger partial charge is 0.480 e. The van der Waals surface area contributed by atoms with Crippen molar-refractivity contribution in [2.75, 3.05) is 0 Å². The van der Waals surface area contributed by atoms with E-state index >= 15 is 0 Å². The summed E-state index contributed by atoms with van der Waals surface area (Å²) in [5.41, 5.74) is -0.224. The van der Waals surface area contributed by atoms with Gasteiger partial charge in [-0.15, -0.1) is 0 Å². The molecule has 0 heterocycles. The van der Waals surface area contributed by atoms with Gasteiger partial charge in [0.1, 0.15) is 11.9 Å². The highest BCUT2D eigenvalue weighted by molar-refractivity contribution is 5.96. The van der Waals surface area contributed by atoms with Gasteiger partial charge < -0.3 is 10.4 Å². The summed E-state index contributed by atoms with van der Waals surface area (Å²) in [5, 5.41) is 19.8. The molecule has 0 aromatic heterocycles. The number of benzene rings is 1. The van der Waals surface area contributed by atoms with Crippen LogP contribution in [0.25, 0.3) is 0 Å². The Hall–Kier alpha value is -2.42. The molecule has 1 rings (SSSR count). The van der Waals surface area contributed by atoms with Gasteiger partial charge in [0.2, 0.25) is 0 Å². The first-order valence-electron chi connectivity index (χ1n) is 5.63. The molecule has 1 amide bonds. The maximum Gasteiger partial charge on any atom is 0.326 e. The molecule has 0 aliphatic heterocycles. The molecule has 0 aliphatic carbocycles. The van der Waals surface area contributed by atoms with Gasteiger partial charge >= 0.3 is 5.97 Å². The Labute approximate surface area is 109 Å². The topological polar surface area (TPSA) is 90.2 Å². The summed E-state index contributed by atoms with van der Waals surface area (Å²) in [6.45, 7) is 1.55. The number of nitriles is 1. The fourth-order valence-electron chi connectivity index (χ4n) is 1.51. The van der Waals surface area contributed by atoms with Gasteiger partial charge in [0.25, 0.3) is 5.91 Å². The van der Waals surface area contributed by atoms with Crippen molar-refractivity contribution in [3.05, 3.63) is 35.6 Å². The Balaban J connectivity index is 2.81. The van der Waals surface area contributed by atoms with E-state index < -0.39 is 29.7 Å². The molecule has 19 heavy (non-hydrogen) atoms. The number of rotatable bonds is 5. The average Bonchev–Trinajstić information content (AvgIpc) is 2.37. The van der Waals surface area contributed by atoms with Crippen molar-refractivity contribution in [1.29, 1.82) is 5.26 Å². The van der Waals surface area contributed by atoms with Crippen LogP contribution in [-0.2, 0) is 4.79 Å². The van der Waals surface area contributed by atoms with Crippen LogP contribution in [0.15, 0.2) is 24.3 Å². The Morgan fingerprint density at radius 3 is 2.63 bits per heavy atom. The standard InChI is InChI=1S/C13H13FN2O3/c1-8(7-15)6-11(13(18)19)16-12(17)9-4-2-3-5-10(9)14/h2-5,8,11H,6H2,1H3,(H,16,17)(H,18,19)/t8-,11+/m1/s1. The molecular formula is C13H13FN2O3. The van der Waals surface area contributed by atoms with Gasteiger partial charge in [-0.25, -0.2) is 9.18 Å². The quantitative estimate of drug-likeness (QED) is 0.844. The fraction of sp³-hybridized carbons (Fsp3) is 0.308. The Morgan fingerprint density at radius 1 is 1.47 bits per heavy atom. The third kappa shape index (κ3) is 4.07. The lowest BCUT2D eigenvalue weighted by Gasteiger charge is -2.15. The lowest BCUT2D eigenvalue weighted by molar-refractivity contribution is -0.139. The van der Waals surface area contributed by atoms with E-state index in [1.807, 2.05) is 6.07 Å². The number of hydrogen-bond acceptors (Lipinski definition) is 3. The number of hydrogen-bond donors (Lipinski definition) is 2. The molecule has 0 unspecified atom stereocenters. The second-order valence-electron chi connectivity index (χ2n) is 4.11. The Morgan fingerprint density at radius 2 is 2.11 bits per heavy atom. The predicted octanol–water partition coefficient (Wildman–Crippen LogP) is 1.56. The van der Waals surface area contributed by atoms with E-state index in [0.29, 0.717) is 0 Å². The Bertz CT molecular complexity index is 525. The fourth-order valence-corrected chi connectivity index (χ4v) is 1.51. The summed E-state index contributed by atoms with van der Waals surface area (Å²) in [4.78, 5) is 22.7. The molecule has 0 saturated carbocycles. The minimum Gasteiger partial charge on any atom is -0.480 e. The highest BCUT2D eigenvalue weighted by atomic mass is 19.1. The summed E-state index contributed by atoms with van der Waals surface area (Å²) in [5.74, 6) is -3.32. The molecule has 0 radical (unpaired) electrons. The van der Waals surface area contributed by atoms with E-state index in [2.05, 4.69) is 5.32 Å². The molecule has 1 aromatic rings. The monoisotopic (exact) mass is 264 g/mol. The van der Waals surface area contributed by atoms with Crippen LogP contribution in [0.3, 0.4) is 0 Å². The first-order valence-corrected chi connectivity index (χ1v) is 5.63. The molecule has 0 fully saturated rings. The molecule has 1 aromatic carbocycles. The molecule has 6 heteroatoms. The smallest absolute Gasteiger partial charge is 0.326 e. The van der Waals surface area contributed by atoms with Crippen LogP contribution in [-0.4, -0.2) is 23.0 Å². The number of carboxylic acid groups (broad SMARTS) is 1. The van der Waals surface area contributed by atoms with Gasteiger partial charge in [-0.2, -0.15) is 5.26 Å². The minimum atomic E-state index is -1.26. The average molecular weight is 264 g/mol. The molecule has 5 nitrogen and oxygen atoms in total. The maximum absolute atomic E-state index is 13.4. The number of aliphatic carboxylic acids is 1. The van der Waals surface area contributed by atoms with Gasteiger partial charge in [0.05, 0.1) is 11.6 Å². The summed E-state index contributed by atoms with van der Waals surface area (Å²) in [6, 6.07) is 5.95. The second kappa shape index (κ2) is 6.50. The zero-order valence-electron chi connectivity index (χ0n) is 10.3. The van der Waals surface area contributed by atoms with Crippen LogP contribution < -0.4 is 5.32 Å². The summed E-state index contributed by atoms with van der Waals surface area (Å²) in [6.07, 6.45) is -0.0357. The van der Waals surface area contributed by atoms with Crippen LogP contribution in [0.1, 0.15) is 23.7 Å². The number of carbonyl (C=O) groups is 2. The minimum absolute atomic E-state index is 0.0357. The molecule has 0 saturated heterocycles. The molecule has 0 spiro atoms. The van der Waals surface area contributed by atoms with Crippen molar-refractivity contribution >= 4 is 11.9 Å². The van der Waals surface area contributed by atoms with E-state index in [-0.39, 0.29) is 12.0 Å². The molecule has 100 valence electrons. The van der Waals surface area contributed by atoms with Gasteiger partial charge in [0, 0.05) is 5.92 Å². The van der Waals surface area contributed by atoms with Crippen molar-refractivity contribution in [3.63, 3.8) is 0 Å². The van der Waals surface area contributed by atoms with Crippen LogP contribution in [0.4, 0.5) is 4.39 Å². The van der Waals surface area contributed by atoms with Crippen molar-refractivity contribution in [1.82, 2.24) is 5.32 Å². The number of carboxylic acids is 1. The zero-order valence-corrected chi connectivity index (χ0v) is 10.3. The van der Waals surface area contributed by atoms with Gasteiger partial charge in [0.15, 0.2) is 0 Å². The number of halogens is 1. The van der Waals surface area contributed by atoms with Crippen LogP contribution in [0, 0.1) is 23.1 Å². The third-order valence-electron chi connectivity index (χ3n) is 2.53. The lowest BCUT2D eigenvalue weighted by atomic mass is 10.0. The van der Waals surface area contributed by atoms with E-state index in [4.69, 9.17) is 10.4 Å². The Kier molecular flexibility index (Phi) is 5.01. The molecule has 2 N–H and O–H groups in total. The van der Waals surface area contributed by atoms with Gasteiger partial charge in [-0.1, -0.05) is 12.1 Å². The summed E-state index contributed by atoms with van der Waals surface area (Å²) >= 11 is 0. The van der Waals surface area contributed by atoms with E-state index in [9.17, 15) is 14.0 Å². The van der Waals surface area contributed by atoms with E-state index in [1.54, 1.807) is 6.92 Å². The number of nitrogens with one attached hydrogen (secondary N) is 1. The van der Waals surface area contributed by atoms with E-state index in [0.717, 1.165) is 6.07 Å². The summed E-state index contributed by atoms with van der Waals surface area (Å²) in [7, 11) is 0. The van der Waals surface area contributed by atoms with Crippen molar-refractivity contribution < 1.29 is 19.1 Å². The van der Waals surface area contributed by atoms with E-state index in [1.165, 1.54) is 18.2 Å². The van der Waals surface area contributed by atoms with Crippen LogP contribution in [0.2, 0.25) is 0 Å². The number of amides is 1. The first-order chi connectivity index (χ1) is 8.95. The van der Waals surface area contributed by atoms with Crippen molar-refractivity contribution in [3.8, 4) is 6.07 Å². The lowest BCUT2D eigenvalue weighted by Crippen LogP contribution is -2.42. The highest BCUT2D eigenvalue weighted by Gasteiger charge is 2.24. The van der Waals surface area contributed by atoms with Crippen molar-refractivity contribution in [2.24, 2.45) is 5.92 Å². The van der Waals surface area contributed by atoms with Gasteiger partial charge in [-0.05, 0) is 25.5 Å². The normalized spacial score (nSPS) is 13.1. The number of nitrogens with zero attached hydrogens (tertiary/aromatic N) is 1. The second-order valence-corrected chi connectivity index (χ2v) is 4.11. The van der Waals surface area contributed by atoms with Gasteiger partial charge in [-0.3, -0.25) is 4.79 Å². The predicted molar refractivity (Wildman–Crippen MR) is 64.7 cm³/mol. The molecular weight excluding hydrogens is 251 g/mol. The van der Waals surface area contributed by atoms with Crippen LogP contribution in [0.5, 0.6) is 0 Å². The SMILES string of the molecule is C[C@@H](C#N)C[C@H](NC(=O)c1ccccc1F)C(=O)O. The number of carbonyl (C=O) groups excluding carboxylic acids is 1. The maximum atomic E-state index is 13.4. The summed E-state index contributed by atoms with van der Waals surface area (Å²) < 4.78 is 13.4. The highest BCUT2D eigenvalue weighted by Crippen LogP contribution is 2.09. The van der Waals surface area contributed by atoms with Crippen molar-refractivity contribution in [2.45, 2.75) is 19.4 Å². The molecule has 0 aliphatic rings. The first kappa shape index (κ1) is 14.6. The molecule has 2 atom stereocenters. The third-order valence-corrected chi connectivity index (χ3v) is 2.53. The zero-order chi connectivity index (χ0) is 14.4. The molecule has 0 bridgehead atoms. The van der Waals surface area contributed by atoms with Crippen LogP contribution >= 0.6 is 0 Å².